The van der Waals surface area contributed by atoms with Gasteiger partial charge in [-0.3, -0.25) is 4.79 Å². The lowest BCUT2D eigenvalue weighted by Crippen LogP contribution is -2.13. The first-order valence-corrected chi connectivity index (χ1v) is 9.65. The summed E-state index contributed by atoms with van der Waals surface area (Å²) in [6, 6.07) is 18.9. The first-order valence-electron chi connectivity index (χ1n) is 9.28. The average Bonchev–Trinajstić information content (AvgIpc) is 2.73. The van der Waals surface area contributed by atoms with Crippen LogP contribution in [0.15, 0.2) is 72.0 Å². The number of rotatable bonds is 6. The lowest BCUT2D eigenvalue weighted by molar-refractivity contribution is 0.0860. The smallest absolute Gasteiger partial charge is 0.258 e. The molecule has 0 spiro atoms. The van der Waals surface area contributed by atoms with Gasteiger partial charge in [0.15, 0.2) is 0 Å². The largest absolute Gasteiger partial charge is 0.393 e. The molecule has 0 aliphatic heterocycles. The van der Waals surface area contributed by atoms with E-state index in [-0.39, 0.29) is 17.2 Å². The van der Waals surface area contributed by atoms with Crippen molar-refractivity contribution in [3.05, 3.63) is 83.1 Å². The Kier molecular flexibility index (Phi) is 6.62. The van der Waals surface area contributed by atoms with Crippen LogP contribution in [0.4, 0.5) is 5.69 Å². The predicted octanol–water partition coefficient (Wildman–Crippen LogP) is 5.80. The number of pyridine rings is 1. The zero-order chi connectivity index (χ0) is 20.8. The number of aromatic nitrogens is 1. The summed E-state index contributed by atoms with van der Waals surface area (Å²) in [5.74, 6) is -0.305. The Hall–Kier alpha value is -3.18. The Morgan fingerprint density at radius 1 is 1.07 bits per heavy atom. The van der Waals surface area contributed by atoms with Gasteiger partial charge in [0, 0.05) is 17.4 Å². The maximum Gasteiger partial charge on any atom is 0.258 e. The molecule has 29 heavy (non-hydrogen) atoms. The topological polar surface area (TPSA) is 63.6 Å². The monoisotopic (exact) mass is 407 g/mol. The highest BCUT2D eigenvalue weighted by atomic mass is 35.5. The minimum absolute atomic E-state index is 0.0352. The first-order chi connectivity index (χ1) is 14.0. The highest BCUT2D eigenvalue weighted by Crippen LogP contribution is 2.29. The molecule has 6 heteroatoms. The summed E-state index contributed by atoms with van der Waals surface area (Å²) in [6.45, 7) is 5.77. The van der Waals surface area contributed by atoms with E-state index in [0.29, 0.717) is 11.3 Å². The van der Waals surface area contributed by atoms with Gasteiger partial charge in [-0.25, -0.2) is 4.98 Å². The molecule has 3 rings (SSSR count). The molecule has 1 heterocycles. The number of halogens is 1. The molecule has 0 aliphatic carbocycles. The van der Waals surface area contributed by atoms with Gasteiger partial charge in [0.1, 0.15) is 11.3 Å². The molecule has 148 valence electrons. The third-order valence-corrected chi connectivity index (χ3v) is 4.49. The lowest BCUT2D eigenvalue weighted by Gasteiger charge is -2.12. The Morgan fingerprint density at radius 2 is 1.79 bits per heavy atom. The number of hydrogen-bond acceptors (Lipinski definition) is 4. The van der Waals surface area contributed by atoms with Gasteiger partial charge in [-0.15, -0.1) is 0 Å². The van der Waals surface area contributed by atoms with E-state index in [1.807, 2.05) is 69.3 Å². The van der Waals surface area contributed by atoms with Crippen LogP contribution in [-0.4, -0.2) is 22.7 Å². The summed E-state index contributed by atoms with van der Waals surface area (Å²) >= 11 is 6.04. The quantitative estimate of drug-likeness (QED) is 0.319. The third kappa shape index (κ3) is 5.21. The van der Waals surface area contributed by atoms with Crippen molar-refractivity contribution in [3.8, 4) is 11.1 Å². The molecule has 0 atom stereocenters. The van der Waals surface area contributed by atoms with Crippen molar-refractivity contribution in [1.29, 1.82) is 0 Å². The van der Waals surface area contributed by atoms with Crippen molar-refractivity contribution in [2.24, 2.45) is 5.16 Å². The zero-order valence-corrected chi connectivity index (χ0v) is 17.3. The van der Waals surface area contributed by atoms with Crippen molar-refractivity contribution in [2.45, 2.75) is 26.9 Å². The van der Waals surface area contributed by atoms with Gasteiger partial charge in [-0.1, -0.05) is 59.2 Å². The number of anilines is 1. The average molecular weight is 408 g/mol. The summed E-state index contributed by atoms with van der Waals surface area (Å²) in [5, 5.41) is 7.24. The van der Waals surface area contributed by atoms with Gasteiger partial charge in [0.05, 0.1) is 11.3 Å². The van der Waals surface area contributed by atoms with E-state index in [0.717, 1.165) is 22.4 Å². The van der Waals surface area contributed by atoms with Gasteiger partial charge in [-0.05, 0) is 50.1 Å². The summed E-state index contributed by atoms with van der Waals surface area (Å²) in [5.41, 5.74) is 4.67. The molecule has 0 aliphatic rings. The maximum atomic E-state index is 12.6. The zero-order valence-electron chi connectivity index (χ0n) is 16.5. The normalized spacial score (nSPS) is 11.4. The van der Waals surface area contributed by atoms with E-state index in [1.165, 1.54) is 0 Å². The molecule has 1 N–H and O–H groups in total. The van der Waals surface area contributed by atoms with E-state index >= 15 is 0 Å². The van der Waals surface area contributed by atoms with Crippen molar-refractivity contribution >= 4 is 28.9 Å². The molecule has 0 saturated heterocycles. The summed E-state index contributed by atoms with van der Waals surface area (Å²) in [6.07, 6.45) is 1.58. The Labute approximate surface area is 175 Å². The number of oxime groups is 1. The fourth-order valence-electron chi connectivity index (χ4n) is 2.72. The van der Waals surface area contributed by atoms with E-state index < -0.39 is 0 Å². The molecule has 0 saturated carbocycles. The first kappa shape index (κ1) is 20.6. The highest BCUT2D eigenvalue weighted by Gasteiger charge is 2.13. The molecule has 0 unspecified atom stereocenters. The standard InChI is InChI=1S/C23H22ClN3O2/c1-15(2)29-27-16(3)17-10-12-18(13-11-17)19-7-4-5-9-21(19)26-23(28)20-8-6-14-25-22(20)24/h4-15H,1-3H3,(H,26,28). The molecule has 0 radical (unpaired) electrons. The van der Waals surface area contributed by atoms with Crippen molar-refractivity contribution in [3.63, 3.8) is 0 Å². The number of carbonyl (C=O) groups is 1. The molecule has 2 aromatic carbocycles. The SMILES string of the molecule is CC(=NOC(C)C)c1ccc(-c2ccccc2NC(=O)c2cccnc2Cl)cc1. The van der Waals surface area contributed by atoms with Crippen LogP contribution >= 0.6 is 11.6 Å². The maximum absolute atomic E-state index is 12.6. The Morgan fingerprint density at radius 3 is 2.48 bits per heavy atom. The second kappa shape index (κ2) is 9.34. The summed E-state index contributed by atoms with van der Waals surface area (Å²) < 4.78 is 0. The molecule has 0 fully saturated rings. The number of para-hydroxylation sites is 1. The van der Waals surface area contributed by atoms with Gasteiger partial charge in [-0.2, -0.15) is 0 Å². The minimum atomic E-state index is -0.305. The van der Waals surface area contributed by atoms with Gasteiger partial charge >= 0.3 is 0 Å². The molecule has 5 nitrogen and oxygen atoms in total. The van der Waals surface area contributed by atoms with Gasteiger partial charge in [0.2, 0.25) is 0 Å². The number of carbonyl (C=O) groups excluding carboxylic acids is 1. The number of nitrogens with zero attached hydrogens (tertiary/aromatic N) is 2. The second-order valence-corrected chi connectivity index (χ2v) is 7.11. The Bertz CT molecular complexity index is 1030. The second-order valence-electron chi connectivity index (χ2n) is 6.75. The number of nitrogens with one attached hydrogen (secondary N) is 1. The minimum Gasteiger partial charge on any atom is -0.393 e. The van der Waals surface area contributed by atoms with E-state index in [9.17, 15) is 4.79 Å². The molecular weight excluding hydrogens is 386 g/mol. The van der Waals surface area contributed by atoms with Crippen LogP contribution < -0.4 is 5.32 Å². The molecule has 1 aromatic heterocycles. The highest BCUT2D eigenvalue weighted by molar-refractivity contribution is 6.33. The summed E-state index contributed by atoms with van der Waals surface area (Å²) in [7, 11) is 0. The van der Waals surface area contributed by atoms with Crippen LogP contribution in [0, 0.1) is 0 Å². The lowest BCUT2D eigenvalue weighted by atomic mass is 10.0. The van der Waals surface area contributed by atoms with Crippen molar-refractivity contribution in [1.82, 2.24) is 4.98 Å². The molecule has 1 amide bonds. The fourth-order valence-corrected chi connectivity index (χ4v) is 2.92. The predicted molar refractivity (Wildman–Crippen MR) is 118 cm³/mol. The summed E-state index contributed by atoms with van der Waals surface area (Å²) in [4.78, 5) is 21.9. The van der Waals surface area contributed by atoms with Crippen LogP contribution in [0.25, 0.3) is 11.1 Å². The van der Waals surface area contributed by atoms with Gasteiger partial charge < -0.3 is 10.2 Å². The van der Waals surface area contributed by atoms with Crippen LogP contribution in [0.2, 0.25) is 5.15 Å². The third-order valence-electron chi connectivity index (χ3n) is 4.19. The number of benzene rings is 2. The van der Waals surface area contributed by atoms with Crippen LogP contribution in [0.1, 0.15) is 36.7 Å². The Balaban J connectivity index is 1.84. The van der Waals surface area contributed by atoms with E-state index in [4.69, 9.17) is 16.4 Å². The van der Waals surface area contributed by atoms with Crippen molar-refractivity contribution < 1.29 is 9.63 Å². The molecule has 0 bridgehead atoms. The molecule has 3 aromatic rings. The number of amides is 1. The van der Waals surface area contributed by atoms with Crippen LogP contribution in [-0.2, 0) is 4.84 Å². The van der Waals surface area contributed by atoms with Gasteiger partial charge in [0.25, 0.3) is 5.91 Å². The van der Waals surface area contributed by atoms with Crippen LogP contribution in [0.5, 0.6) is 0 Å². The van der Waals surface area contributed by atoms with Crippen molar-refractivity contribution in [2.75, 3.05) is 5.32 Å². The van der Waals surface area contributed by atoms with E-state index in [1.54, 1.807) is 18.3 Å². The fraction of sp³-hybridized carbons (Fsp3) is 0.174. The number of hydrogen-bond donors (Lipinski definition) is 1. The van der Waals surface area contributed by atoms with Crippen LogP contribution in [0.3, 0.4) is 0 Å². The van der Waals surface area contributed by atoms with E-state index in [2.05, 4.69) is 15.5 Å². The molecular formula is C23H22ClN3O2.